The molecule has 0 N–H and O–H groups in total. The van der Waals surface area contributed by atoms with Gasteiger partial charge in [0, 0.05) is 18.3 Å². The number of likely N-dealkylation sites (tertiary alicyclic amines) is 1. The van der Waals surface area contributed by atoms with E-state index in [1.165, 1.54) is 0 Å². The molecule has 1 unspecified atom stereocenters. The van der Waals surface area contributed by atoms with Crippen LogP contribution in [0.3, 0.4) is 0 Å². The third-order valence-electron chi connectivity index (χ3n) is 6.10. The molecule has 1 amide bonds. The highest BCUT2D eigenvalue weighted by atomic mass is 16.2. The van der Waals surface area contributed by atoms with Crippen LogP contribution in [0.25, 0.3) is 11.4 Å². The summed E-state index contributed by atoms with van der Waals surface area (Å²) in [5.74, 6) is 0.503. The number of hydrogen-bond acceptors (Lipinski definition) is 3. The van der Waals surface area contributed by atoms with Crippen molar-refractivity contribution in [3.63, 3.8) is 0 Å². The largest absolute Gasteiger partial charge is 0.333 e. The van der Waals surface area contributed by atoms with E-state index in [4.69, 9.17) is 4.98 Å². The van der Waals surface area contributed by atoms with Crippen molar-refractivity contribution in [1.29, 1.82) is 0 Å². The van der Waals surface area contributed by atoms with E-state index in [-0.39, 0.29) is 17.9 Å². The minimum Gasteiger partial charge on any atom is -0.333 e. The molecule has 1 saturated heterocycles. The van der Waals surface area contributed by atoms with E-state index in [2.05, 4.69) is 4.98 Å². The Morgan fingerprint density at radius 3 is 2.03 bits per heavy atom. The second-order valence-electron chi connectivity index (χ2n) is 8.12. The van der Waals surface area contributed by atoms with Crippen molar-refractivity contribution in [3.8, 4) is 11.4 Å². The summed E-state index contributed by atoms with van der Waals surface area (Å²) >= 11 is 0. The Hall–Kier alpha value is -3.79. The van der Waals surface area contributed by atoms with E-state index in [9.17, 15) is 4.79 Å². The predicted octanol–water partition coefficient (Wildman–Crippen LogP) is 5.64. The van der Waals surface area contributed by atoms with Crippen molar-refractivity contribution in [2.45, 2.75) is 24.8 Å². The van der Waals surface area contributed by atoms with Gasteiger partial charge in [0.2, 0.25) is 5.91 Å². The summed E-state index contributed by atoms with van der Waals surface area (Å²) in [7, 11) is 0. The van der Waals surface area contributed by atoms with Crippen molar-refractivity contribution < 1.29 is 4.79 Å². The summed E-state index contributed by atoms with van der Waals surface area (Å²) in [6.07, 6.45) is 3.68. The van der Waals surface area contributed by atoms with Crippen LogP contribution < -0.4 is 0 Å². The van der Waals surface area contributed by atoms with Crippen LogP contribution in [0.4, 0.5) is 0 Å². The van der Waals surface area contributed by atoms with Crippen molar-refractivity contribution in [2.75, 3.05) is 6.54 Å². The molecule has 1 atom stereocenters. The highest BCUT2D eigenvalue weighted by molar-refractivity contribution is 5.87. The zero-order valence-corrected chi connectivity index (χ0v) is 17.8. The molecular formula is C28H25N3O. The Balaban J connectivity index is 1.49. The molecule has 0 spiro atoms. The third-order valence-corrected chi connectivity index (χ3v) is 6.10. The summed E-state index contributed by atoms with van der Waals surface area (Å²) in [6.45, 7) is 0.740. The smallest absolute Gasteiger partial charge is 0.235 e. The van der Waals surface area contributed by atoms with Gasteiger partial charge in [-0.15, -0.1) is 0 Å². The molecule has 3 aromatic carbocycles. The molecule has 1 fully saturated rings. The standard InChI is InChI=1S/C28H25N3O/c32-28(26(21-11-4-1-5-12-21)22-13-6-2-7-14-22)31-20-10-17-25(31)24-18-19-29-27(30-24)23-15-8-3-9-16-23/h1-9,11-16,18-19,25-26H,10,17,20H2. The number of benzene rings is 3. The van der Waals surface area contributed by atoms with Crippen LogP contribution in [-0.4, -0.2) is 27.3 Å². The first kappa shape index (κ1) is 20.1. The van der Waals surface area contributed by atoms with Crippen LogP contribution in [0.1, 0.15) is 41.6 Å². The molecular weight excluding hydrogens is 394 g/mol. The van der Waals surface area contributed by atoms with Gasteiger partial charge < -0.3 is 4.90 Å². The van der Waals surface area contributed by atoms with E-state index in [0.717, 1.165) is 41.8 Å². The lowest BCUT2D eigenvalue weighted by molar-refractivity contribution is -0.132. The molecule has 0 radical (unpaired) electrons. The van der Waals surface area contributed by atoms with Gasteiger partial charge in [-0.1, -0.05) is 91.0 Å². The summed E-state index contributed by atoms with van der Waals surface area (Å²) in [6, 6.07) is 32.0. The molecule has 32 heavy (non-hydrogen) atoms. The van der Waals surface area contributed by atoms with Crippen LogP contribution in [0.15, 0.2) is 103 Å². The summed E-state index contributed by atoms with van der Waals surface area (Å²) in [5, 5.41) is 0. The van der Waals surface area contributed by atoms with E-state index >= 15 is 0 Å². The van der Waals surface area contributed by atoms with Crippen LogP contribution in [0, 0.1) is 0 Å². The maximum Gasteiger partial charge on any atom is 0.235 e. The van der Waals surface area contributed by atoms with Gasteiger partial charge in [0.1, 0.15) is 0 Å². The fraction of sp³-hybridized carbons (Fsp3) is 0.179. The SMILES string of the molecule is O=C(C(c1ccccc1)c1ccccc1)N1CCCC1c1ccnc(-c2ccccc2)n1. The highest BCUT2D eigenvalue weighted by Gasteiger charge is 2.36. The number of hydrogen-bond donors (Lipinski definition) is 0. The average molecular weight is 420 g/mol. The Labute approximate surface area is 188 Å². The monoisotopic (exact) mass is 419 g/mol. The average Bonchev–Trinajstić information content (AvgIpc) is 3.36. The number of carbonyl (C=O) groups excluding carboxylic acids is 1. The molecule has 4 aromatic rings. The minimum atomic E-state index is -0.326. The molecule has 1 aromatic heterocycles. The minimum absolute atomic E-state index is 0.0390. The van der Waals surface area contributed by atoms with Gasteiger partial charge >= 0.3 is 0 Å². The number of rotatable bonds is 5. The number of carbonyl (C=O) groups is 1. The summed E-state index contributed by atoms with van der Waals surface area (Å²) in [4.78, 5) is 25.3. The van der Waals surface area contributed by atoms with Gasteiger partial charge in [-0.05, 0) is 30.0 Å². The van der Waals surface area contributed by atoms with Crippen LogP contribution in [-0.2, 0) is 4.79 Å². The van der Waals surface area contributed by atoms with Crippen LogP contribution in [0.5, 0.6) is 0 Å². The predicted molar refractivity (Wildman–Crippen MR) is 126 cm³/mol. The molecule has 4 nitrogen and oxygen atoms in total. The Bertz CT molecular complexity index is 1140. The van der Waals surface area contributed by atoms with Gasteiger partial charge in [0.15, 0.2) is 5.82 Å². The van der Waals surface area contributed by atoms with E-state index in [1.54, 1.807) is 6.20 Å². The third kappa shape index (κ3) is 4.04. The number of amides is 1. The van der Waals surface area contributed by atoms with Crippen LogP contribution in [0.2, 0.25) is 0 Å². The molecule has 0 bridgehead atoms. The normalized spacial score (nSPS) is 15.8. The fourth-order valence-corrected chi connectivity index (χ4v) is 4.56. The van der Waals surface area contributed by atoms with E-state index < -0.39 is 0 Å². The molecule has 1 aliphatic rings. The molecule has 2 heterocycles. The lowest BCUT2D eigenvalue weighted by Crippen LogP contribution is -2.35. The van der Waals surface area contributed by atoms with Crippen molar-refractivity contribution in [2.24, 2.45) is 0 Å². The first-order chi connectivity index (χ1) is 15.8. The molecule has 4 heteroatoms. The lowest BCUT2D eigenvalue weighted by Gasteiger charge is -2.29. The number of nitrogens with zero attached hydrogens (tertiary/aromatic N) is 3. The second kappa shape index (κ2) is 9.15. The number of aromatic nitrogens is 2. The maximum atomic E-state index is 14.0. The van der Waals surface area contributed by atoms with Crippen molar-refractivity contribution in [3.05, 3.63) is 120 Å². The van der Waals surface area contributed by atoms with Gasteiger partial charge in [-0.25, -0.2) is 9.97 Å². The first-order valence-electron chi connectivity index (χ1n) is 11.1. The zero-order valence-electron chi connectivity index (χ0n) is 17.8. The summed E-state index contributed by atoms with van der Waals surface area (Å²) in [5.41, 5.74) is 3.92. The van der Waals surface area contributed by atoms with Gasteiger partial charge in [-0.3, -0.25) is 4.79 Å². The molecule has 1 aliphatic heterocycles. The lowest BCUT2D eigenvalue weighted by atomic mass is 9.89. The van der Waals surface area contributed by atoms with Crippen LogP contribution >= 0.6 is 0 Å². The molecule has 0 aliphatic carbocycles. The second-order valence-corrected chi connectivity index (χ2v) is 8.12. The summed E-state index contributed by atoms with van der Waals surface area (Å²) < 4.78 is 0. The quantitative estimate of drug-likeness (QED) is 0.421. The Morgan fingerprint density at radius 2 is 1.41 bits per heavy atom. The maximum absolute atomic E-state index is 14.0. The topological polar surface area (TPSA) is 46.1 Å². The van der Waals surface area contributed by atoms with Gasteiger partial charge in [-0.2, -0.15) is 0 Å². The van der Waals surface area contributed by atoms with Crippen molar-refractivity contribution >= 4 is 5.91 Å². The van der Waals surface area contributed by atoms with Gasteiger partial charge in [0.05, 0.1) is 17.7 Å². The highest BCUT2D eigenvalue weighted by Crippen LogP contribution is 2.36. The fourth-order valence-electron chi connectivity index (χ4n) is 4.56. The molecule has 158 valence electrons. The molecule has 5 rings (SSSR count). The van der Waals surface area contributed by atoms with Gasteiger partial charge in [0.25, 0.3) is 0 Å². The Kier molecular flexibility index (Phi) is 5.75. The Morgan fingerprint density at radius 1 is 0.812 bits per heavy atom. The zero-order chi connectivity index (χ0) is 21.8. The molecule has 0 saturated carbocycles. The van der Waals surface area contributed by atoms with Crippen molar-refractivity contribution in [1.82, 2.24) is 14.9 Å². The van der Waals surface area contributed by atoms with E-state index in [1.807, 2.05) is 102 Å². The van der Waals surface area contributed by atoms with E-state index in [0.29, 0.717) is 5.82 Å². The first-order valence-corrected chi connectivity index (χ1v) is 11.1.